The summed E-state index contributed by atoms with van der Waals surface area (Å²) in [7, 11) is 0. The van der Waals surface area contributed by atoms with Gasteiger partial charge in [-0.05, 0) is 74.9 Å². The van der Waals surface area contributed by atoms with Crippen LogP contribution >= 0.6 is 0 Å². The summed E-state index contributed by atoms with van der Waals surface area (Å²) in [6, 6.07) is 13.7. The predicted molar refractivity (Wildman–Crippen MR) is 138 cm³/mol. The Balaban J connectivity index is 1.74. The van der Waals surface area contributed by atoms with Crippen LogP contribution in [0.15, 0.2) is 48.5 Å². The first-order valence-corrected chi connectivity index (χ1v) is 12.7. The van der Waals surface area contributed by atoms with Gasteiger partial charge in [-0.15, -0.1) is 0 Å². The van der Waals surface area contributed by atoms with Gasteiger partial charge in [-0.2, -0.15) is 0 Å². The molecular formula is C29H39FN2O4. The number of ether oxygens (including phenoxy) is 2. The lowest BCUT2D eigenvalue weighted by atomic mass is 10.0. The van der Waals surface area contributed by atoms with Crippen molar-refractivity contribution in [3.05, 3.63) is 65.5 Å². The minimum atomic E-state index is -0.585. The van der Waals surface area contributed by atoms with Crippen molar-refractivity contribution in [1.29, 1.82) is 0 Å². The highest BCUT2D eigenvalue weighted by molar-refractivity contribution is 5.79. The van der Waals surface area contributed by atoms with Crippen LogP contribution in [0, 0.1) is 11.7 Å². The number of hydrogen-bond acceptors (Lipinski definition) is 4. The van der Waals surface area contributed by atoms with Gasteiger partial charge in [-0.3, -0.25) is 4.79 Å². The van der Waals surface area contributed by atoms with E-state index >= 15 is 0 Å². The van der Waals surface area contributed by atoms with Crippen molar-refractivity contribution < 1.29 is 23.5 Å². The number of rotatable bonds is 8. The SMILES string of the molecule is CC(C)COc1ccc(CC(=O)N(Cc2ccc(F)cc2)[C@H]2CCCN(C(=O)OC(C)(C)C)C2)cc1. The molecule has 2 aromatic rings. The number of nitrogens with zero attached hydrogens (tertiary/aromatic N) is 2. The predicted octanol–water partition coefficient (Wildman–Crippen LogP) is 5.83. The number of likely N-dealkylation sites (tertiary alicyclic amines) is 1. The van der Waals surface area contributed by atoms with Gasteiger partial charge >= 0.3 is 6.09 Å². The second-order valence-electron chi connectivity index (χ2n) is 10.9. The van der Waals surface area contributed by atoms with Crippen molar-refractivity contribution in [3.8, 4) is 5.75 Å². The van der Waals surface area contributed by atoms with Gasteiger partial charge in [0.25, 0.3) is 0 Å². The Morgan fingerprint density at radius 3 is 2.31 bits per heavy atom. The van der Waals surface area contributed by atoms with E-state index in [1.807, 2.05) is 49.9 Å². The van der Waals surface area contributed by atoms with Crippen molar-refractivity contribution in [2.24, 2.45) is 5.92 Å². The van der Waals surface area contributed by atoms with Gasteiger partial charge in [0.15, 0.2) is 0 Å². The minimum absolute atomic E-state index is 0.0359. The maximum Gasteiger partial charge on any atom is 0.410 e. The molecule has 7 heteroatoms. The molecule has 0 bridgehead atoms. The zero-order valence-electron chi connectivity index (χ0n) is 22.1. The molecule has 0 aromatic heterocycles. The highest BCUT2D eigenvalue weighted by Gasteiger charge is 2.32. The molecule has 0 saturated carbocycles. The molecule has 0 unspecified atom stereocenters. The summed E-state index contributed by atoms with van der Waals surface area (Å²) in [5, 5.41) is 0. The summed E-state index contributed by atoms with van der Waals surface area (Å²) in [6.07, 6.45) is 1.43. The van der Waals surface area contributed by atoms with Gasteiger partial charge in [-0.1, -0.05) is 38.1 Å². The van der Waals surface area contributed by atoms with Crippen molar-refractivity contribution in [3.63, 3.8) is 0 Å². The summed E-state index contributed by atoms with van der Waals surface area (Å²) >= 11 is 0. The fraction of sp³-hybridized carbons (Fsp3) is 0.517. The first kappa shape index (κ1) is 27.5. The van der Waals surface area contributed by atoms with Crippen LogP contribution in [0.25, 0.3) is 0 Å². The summed E-state index contributed by atoms with van der Waals surface area (Å²) in [5.41, 5.74) is 1.15. The van der Waals surface area contributed by atoms with E-state index in [1.165, 1.54) is 12.1 Å². The van der Waals surface area contributed by atoms with Crippen LogP contribution in [-0.2, 0) is 22.5 Å². The highest BCUT2D eigenvalue weighted by Crippen LogP contribution is 2.23. The average Bonchev–Trinajstić information content (AvgIpc) is 2.82. The van der Waals surface area contributed by atoms with Crippen LogP contribution in [-0.4, -0.2) is 53.1 Å². The van der Waals surface area contributed by atoms with Crippen LogP contribution in [0.1, 0.15) is 58.6 Å². The van der Waals surface area contributed by atoms with Gasteiger partial charge in [0.2, 0.25) is 5.91 Å². The molecule has 0 spiro atoms. The van der Waals surface area contributed by atoms with Crippen molar-refractivity contribution in [2.75, 3.05) is 19.7 Å². The molecule has 1 atom stereocenters. The first-order chi connectivity index (χ1) is 17.0. The van der Waals surface area contributed by atoms with E-state index in [-0.39, 0.29) is 30.3 Å². The topological polar surface area (TPSA) is 59.1 Å². The molecule has 1 saturated heterocycles. The van der Waals surface area contributed by atoms with Crippen molar-refractivity contribution >= 4 is 12.0 Å². The highest BCUT2D eigenvalue weighted by atomic mass is 19.1. The zero-order chi connectivity index (χ0) is 26.3. The van der Waals surface area contributed by atoms with Crippen LogP contribution in [0.5, 0.6) is 5.75 Å². The van der Waals surface area contributed by atoms with Gasteiger partial charge in [-0.25, -0.2) is 9.18 Å². The number of carbonyl (C=O) groups is 2. The number of halogens is 1. The quantitative estimate of drug-likeness (QED) is 0.459. The summed E-state index contributed by atoms with van der Waals surface area (Å²) in [4.78, 5) is 29.8. The van der Waals surface area contributed by atoms with Crippen LogP contribution in [0.2, 0.25) is 0 Å². The zero-order valence-corrected chi connectivity index (χ0v) is 22.1. The van der Waals surface area contributed by atoms with E-state index in [1.54, 1.807) is 17.0 Å². The summed E-state index contributed by atoms with van der Waals surface area (Å²) in [5.74, 6) is 0.863. The number of hydrogen-bond donors (Lipinski definition) is 0. The molecule has 0 aliphatic carbocycles. The fourth-order valence-electron chi connectivity index (χ4n) is 4.15. The van der Waals surface area contributed by atoms with Gasteiger partial charge in [0, 0.05) is 25.7 Å². The van der Waals surface area contributed by atoms with E-state index in [2.05, 4.69) is 13.8 Å². The van der Waals surface area contributed by atoms with E-state index in [9.17, 15) is 14.0 Å². The molecule has 1 aliphatic heterocycles. The number of piperidine rings is 1. The molecule has 36 heavy (non-hydrogen) atoms. The van der Waals surface area contributed by atoms with Gasteiger partial charge < -0.3 is 19.3 Å². The lowest BCUT2D eigenvalue weighted by molar-refractivity contribution is -0.134. The standard InChI is InChI=1S/C29H39FN2O4/c1-21(2)20-35-26-14-10-22(11-15-26)17-27(33)32(18-23-8-12-24(30)13-9-23)25-7-6-16-31(19-25)28(34)36-29(3,4)5/h8-15,21,25H,6-7,16-20H2,1-5H3/t25-/m0/s1. The molecule has 3 rings (SSSR count). The Bertz CT molecular complexity index is 999. The second-order valence-corrected chi connectivity index (χ2v) is 10.9. The largest absolute Gasteiger partial charge is 0.493 e. The number of benzene rings is 2. The van der Waals surface area contributed by atoms with Crippen molar-refractivity contribution in [2.45, 2.75) is 72.1 Å². The fourth-order valence-corrected chi connectivity index (χ4v) is 4.15. The van der Waals surface area contributed by atoms with Gasteiger partial charge in [0.05, 0.1) is 13.0 Å². The number of amides is 2. The monoisotopic (exact) mass is 498 g/mol. The van der Waals surface area contributed by atoms with E-state index < -0.39 is 5.60 Å². The minimum Gasteiger partial charge on any atom is -0.493 e. The Morgan fingerprint density at radius 2 is 1.69 bits per heavy atom. The normalized spacial score (nSPS) is 16.1. The van der Waals surface area contributed by atoms with Crippen LogP contribution in [0.4, 0.5) is 9.18 Å². The van der Waals surface area contributed by atoms with Crippen molar-refractivity contribution in [1.82, 2.24) is 9.80 Å². The Kier molecular flexibility index (Phi) is 9.35. The molecule has 0 N–H and O–H groups in total. The maximum atomic E-state index is 13.6. The molecule has 6 nitrogen and oxygen atoms in total. The smallest absolute Gasteiger partial charge is 0.410 e. The van der Waals surface area contributed by atoms with E-state index in [4.69, 9.17) is 9.47 Å². The molecular weight excluding hydrogens is 459 g/mol. The number of carbonyl (C=O) groups excluding carboxylic acids is 2. The lowest BCUT2D eigenvalue weighted by Crippen LogP contribution is -2.52. The summed E-state index contributed by atoms with van der Waals surface area (Å²) in [6.45, 7) is 11.7. The van der Waals surface area contributed by atoms with Crippen LogP contribution in [0.3, 0.4) is 0 Å². The Labute approximate surface area is 214 Å². The molecule has 1 heterocycles. The summed E-state index contributed by atoms with van der Waals surface area (Å²) < 4.78 is 24.8. The maximum absolute atomic E-state index is 13.6. The third-order valence-corrected chi connectivity index (χ3v) is 5.94. The molecule has 1 fully saturated rings. The van der Waals surface area contributed by atoms with Gasteiger partial charge in [0.1, 0.15) is 17.2 Å². The average molecular weight is 499 g/mol. The third-order valence-electron chi connectivity index (χ3n) is 5.94. The lowest BCUT2D eigenvalue weighted by Gasteiger charge is -2.40. The molecule has 196 valence electrons. The third kappa shape index (κ3) is 8.54. The molecule has 0 radical (unpaired) electrons. The van der Waals surface area contributed by atoms with E-state index in [0.717, 1.165) is 29.7 Å². The van der Waals surface area contributed by atoms with E-state index in [0.29, 0.717) is 32.2 Å². The first-order valence-electron chi connectivity index (χ1n) is 12.7. The van der Waals surface area contributed by atoms with Crippen LogP contribution < -0.4 is 4.74 Å². The Morgan fingerprint density at radius 1 is 1.06 bits per heavy atom. The second kappa shape index (κ2) is 12.2. The molecule has 1 aliphatic rings. The Hall–Kier alpha value is -3.09. The molecule has 2 aromatic carbocycles. The molecule has 2 amide bonds.